The maximum atomic E-state index is 10.9. The van der Waals surface area contributed by atoms with Gasteiger partial charge in [-0.05, 0) is 6.92 Å². The van der Waals surface area contributed by atoms with Crippen molar-refractivity contribution in [1.82, 2.24) is 10.3 Å². The van der Waals surface area contributed by atoms with Gasteiger partial charge in [0.05, 0.1) is 6.54 Å². The van der Waals surface area contributed by atoms with E-state index in [0.29, 0.717) is 11.7 Å². The summed E-state index contributed by atoms with van der Waals surface area (Å²) in [5.74, 6) is 0.252. The quantitative estimate of drug-likeness (QED) is 0.587. The molecule has 0 radical (unpaired) electrons. The molecule has 0 aliphatic carbocycles. The van der Waals surface area contributed by atoms with Crippen molar-refractivity contribution in [2.75, 3.05) is 11.6 Å². The molecular formula is C7H9N5O2S. The van der Waals surface area contributed by atoms with Crippen LogP contribution in [0, 0.1) is 10.1 Å². The number of nitrogens with zero attached hydrogens (tertiary/aromatic N) is 4. The van der Waals surface area contributed by atoms with Crippen LogP contribution in [-0.2, 0) is 0 Å². The Morgan fingerprint density at radius 1 is 1.80 bits per heavy atom. The third kappa shape index (κ3) is 1.89. The Morgan fingerprint density at radius 3 is 3.07 bits per heavy atom. The summed E-state index contributed by atoms with van der Waals surface area (Å²) in [6.07, 6.45) is 1.52. The van der Waals surface area contributed by atoms with E-state index in [1.54, 1.807) is 5.38 Å². The predicted molar refractivity (Wildman–Crippen MR) is 56.5 cm³/mol. The highest BCUT2D eigenvalue weighted by Gasteiger charge is 2.30. The van der Waals surface area contributed by atoms with E-state index in [1.807, 2.05) is 6.92 Å². The van der Waals surface area contributed by atoms with Crippen LogP contribution in [0.2, 0.25) is 0 Å². The van der Waals surface area contributed by atoms with Crippen molar-refractivity contribution in [3.8, 4) is 0 Å². The van der Waals surface area contributed by atoms with Crippen molar-refractivity contribution in [1.29, 1.82) is 0 Å². The maximum absolute atomic E-state index is 10.9. The van der Waals surface area contributed by atoms with Gasteiger partial charge < -0.3 is 5.32 Å². The van der Waals surface area contributed by atoms with Crippen molar-refractivity contribution in [2.24, 2.45) is 4.99 Å². The Kier molecular flexibility index (Phi) is 2.50. The number of aromatic nitrogens is 1. The van der Waals surface area contributed by atoms with E-state index < -0.39 is 5.03 Å². The number of nitrogens with one attached hydrogen (secondary N) is 1. The van der Waals surface area contributed by atoms with Gasteiger partial charge in [-0.3, -0.25) is 0 Å². The smallest absolute Gasteiger partial charge is 0.267 e. The Hall–Kier alpha value is -1.70. The molecule has 1 atom stereocenters. The zero-order valence-corrected chi connectivity index (χ0v) is 8.77. The second-order valence-corrected chi connectivity index (χ2v) is 3.95. The van der Waals surface area contributed by atoms with Gasteiger partial charge in [0.2, 0.25) is 0 Å². The van der Waals surface area contributed by atoms with E-state index in [1.165, 1.54) is 17.5 Å². The highest BCUT2D eigenvalue weighted by molar-refractivity contribution is 7.13. The molecule has 15 heavy (non-hydrogen) atoms. The number of guanidine groups is 1. The molecule has 0 saturated carbocycles. The normalized spacial score (nSPS) is 19.5. The van der Waals surface area contributed by atoms with Gasteiger partial charge in [-0.1, -0.05) is 11.3 Å². The van der Waals surface area contributed by atoms with Crippen molar-refractivity contribution < 1.29 is 5.03 Å². The Labute approximate surface area is 89.6 Å². The zero-order chi connectivity index (χ0) is 10.8. The number of rotatable bonds is 2. The number of hydrazine groups is 1. The fourth-order valence-corrected chi connectivity index (χ4v) is 1.84. The topological polar surface area (TPSA) is 83.7 Å². The molecule has 0 bridgehead atoms. The van der Waals surface area contributed by atoms with Crippen LogP contribution in [0.3, 0.4) is 0 Å². The van der Waals surface area contributed by atoms with E-state index >= 15 is 0 Å². The largest absolute Gasteiger partial charge is 0.347 e. The first-order chi connectivity index (χ1) is 7.18. The highest BCUT2D eigenvalue weighted by Crippen LogP contribution is 2.18. The van der Waals surface area contributed by atoms with Gasteiger partial charge in [0.25, 0.3) is 11.1 Å². The summed E-state index contributed by atoms with van der Waals surface area (Å²) >= 11 is 1.20. The number of nitro groups is 1. The van der Waals surface area contributed by atoms with Gasteiger partial charge in [0.15, 0.2) is 5.03 Å². The molecular weight excluding hydrogens is 218 g/mol. The van der Waals surface area contributed by atoms with E-state index in [4.69, 9.17) is 0 Å². The molecule has 0 spiro atoms. The second kappa shape index (κ2) is 3.81. The maximum Gasteiger partial charge on any atom is 0.267 e. The minimum Gasteiger partial charge on any atom is -0.347 e. The van der Waals surface area contributed by atoms with E-state index in [2.05, 4.69) is 15.3 Å². The summed E-state index contributed by atoms with van der Waals surface area (Å²) in [4.78, 5) is 18.8. The number of anilines is 1. The molecule has 1 aromatic rings. The zero-order valence-electron chi connectivity index (χ0n) is 7.95. The van der Waals surface area contributed by atoms with Crippen LogP contribution in [0.5, 0.6) is 0 Å². The van der Waals surface area contributed by atoms with Crippen LogP contribution in [-0.4, -0.2) is 28.6 Å². The first kappa shape index (κ1) is 9.84. The van der Waals surface area contributed by atoms with Crippen LogP contribution in [0.25, 0.3) is 0 Å². The predicted octanol–water partition coefficient (Wildman–Crippen LogP) is 0.489. The number of hydrogen-bond acceptors (Lipinski definition) is 6. The SMILES string of the molecule is CC1CN=C(N(c2nccs2)[N+](=O)[O-])N1. The standard InChI is InChI=1S/C7H9N5O2S/c1-5-4-9-6(10-5)11(12(13)14)7-8-2-3-15-7/h2-3,5H,4H2,1H3,(H,9,10). The molecule has 1 N–H and O–H groups in total. The monoisotopic (exact) mass is 227 g/mol. The molecule has 1 aromatic heterocycles. The average molecular weight is 227 g/mol. The third-order valence-electron chi connectivity index (χ3n) is 1.85. The van der Waals surface area contributed by atoms with Crippen molar-refractivity contribution >= 4 is 22.4 Å². The Bertz CT molecular complexity index is 390. The van der Waals surface area contributed by atoms with Gasteiger partial charge in [0.1, 0.15) is 0 Å². The van der Waals surface area contributed by atoms with Crippen LogP contribution < -0.4 is 10.3 Å². The molecule has 2 heterocycles. The first-order valence-electron chi connectivity index (χ1n) is 4.33. The minimum atomic E-state index is -0.525. The summed E-state index contributed by atoms with van der Waals surface area (Å²) in [5.41, 5.74) is 0. The van der Waals surface area contributed by atoms with Crippen molar-refractivity contribution in [3.63, 3.8) is 0 Å². The average Bonchev–Trinajstić information content (AvgIpc) is 2.77. The Balaban J connectivity index is 2.25. The molecule has 1 unspecified atom stereocenters. The fourth-order valence-electron chi connectivity index (χ4n) is 1.22. The molecule has 0 aromatic carbocycles. The van der Waals surface area contributed by atoms with Gasteiger partial charge >= 0.3 is 0 Å². The fraction of sp³-hybridized carbons (Fsp3) is 0.429. The third-order valence-corrected chi connectivity index (χ3v) is 2.60. The number of thiazole rings is 1. The van der Waals surface area contributed by atoms with Gasteiger partial charge in [-0.15, -0.1) is 0 Å². The lowest BCUT2D eigenvalue weighted by Crippen LogP contribution is -2.44. The van der Waals surface area contributed by atoms with Crippen LogP contribution >= 0.6 is 11.3 Å². The van der Waals surface area contributed by atoms with Crippen molar-refractivity contribution in [2.45, 2.75) is 13.0 Å². The molecule has 1 aliphatic heterocycles. The molecule has 8 heteroatoms. The summed E-state index contributed by atoms with van der Waals surface area (Å²) < 4.78 is 0. The summed E-state index contributed by atoms with van der Waals surface area (Å²) in [5, 5.41) is 16.1. The van der Waals surface area contributed by atoms with Crippen LogP contribution in [0.4, 0.5) is 5.13 Å². The van der Waals surface area contributed by atoms with Gasteiger partial charge in [-0.2, -0.15) is 0 Å². The second-order valence-electron chi connectivity index (χ2n) is 3.07. The molecule has 0 fully saturated rings. The summed E-state index contributed by atoms with van der Waals surface area (Å²) in [7, 11) is 0. The van der Waals surface area contributed by atoms with E-state index in [-0.39, 0.29) is 12.0 Å². The lowest BCUT2D eigenvalue weighted by molar-refractivity contribution is -0.479. The lowest BCUT2D eigenvalue weighted by atomic mass is 10.4. The van der Waals surface area contributed by atoms with Crippen LogP contribution in [0.1, 0.15) is 6.92 Å². The molecule has 80 valence electrons. The van der Waals surface area contributed by atoms with Gasteiger partial charge in [0, 0.05) is 22.6 Å². The first-order valence-corrected chi connectivity index (χ1v) is 5.21. The van der Waals surface area contributed by atoms with E-state index in [0.717, 1.165) is 5.01 Å². The molecule has 0 saturated heterocycles. The van der Waals surface area contributed by atoms with Crippen molar-refractivity contribution in [3.05, 3.63) is 21.7 Å². The van der Waals surface area contributed by atoms with Crippen LogP contribution in [0.15, 0.2) is 16.6 Å². The Morgan fingerprint density at radius 2 is 2.60 bits per heavy atom. The number of hydrogen-bond donors (Lipinski definition) is 1. The molecule has 2 rings (SSSR count). The molecule has 1 aliphatic rings. The summed E-state index contributed by atoms with van der Waals surface area (Å²) in [6.45, 7) is 2.46. The van der Waals surface area contributed by atoms with E-state index in [9.17, 15) is 10.1 Å². The minimum absolute atomic E-state index is 0.127. The number of aliphatic imine (C=N–C) groups is 1. The highest BCUT2D eigenvalue weighted by atomic mass is 32.1. The van der Waals surface area contributed by atoms with Gasteiger partial charge in [-0.25, -0.2) is 20.1 Å². The molecule has 0 amide bonds. The summed E-state index contributed by atoms with van der Waals surface area (Å²) in [6, 6.07) is 0.127. The lowest BCUT2D eigenvalue weighted by Gasteiger charge is -2.11. The molecule has 7 nitrogen and oxygen atoms in total.